The molecule has 234 valence electrons. The average Bonchev–Trinajstić information content (AvgIpc) is 3.38. The lowest BCUT2D eigenvalue weighted by Crippen LogP contribution is -2.44. The van der Waals surface area contributed by atoms with Gasteiger partial charge in [-0.2, -0.15) is 15.0 Å². The predicted octanol–water partition coefficient (Wildman–Crippen LogP) is 6.11. The molecule has 1 atom stereocenters. The van der Waals surface area contributed by atoms with Crippen molar-refractivity contribution in [2.45, 2.75) is 85.0 Å². The highest BCUT2D eigenvalue weighted by molar-refractivity contribution is 7.48. The first-order valence-corrected chi connectivity index (χ1v) is 15.9. The van der Waals surface area contributed by atoms with Crippen LogP contribution in [0, 0.1) is 11.3 Å². The van der Waals surface area contributed by atoms with Crippen LogP contribution in [0.5, 0.6) is 0 Å². The Morgan fingerprint density at radius 2 is 1.79 bits per heavy atom. The SMILES string of the molecule is CCCCOP(=O)(OCCCC)OC(C)(C)[C@H](F)CNC(=O)c1cnc(-n2ncc3cc(C#N)cnc32)cc1NC(C)C. The number of phosphoric acid groups is 1. The van der Waals surface area contributed by atoms with Crippen molar-refractivity contribution in [3.8, 4) is 11.9 Å². The second kappa shape index (κ2) is 15.3. The molecule has 14 heteroatoms. The quantitative estimate of drug-likeness (QED) is 0.134. The lowest BCUT2D eigenvalue weighted by atomic mass is 10.0. The van der Waals surface area contributed by atoms with Gasteiger partial charge in [-0.15, -0.1) is 0 Å². The van der Waals surface area contributed by atoms with Gasteiger partial charge in [-0.25, -0.2) is 18.9 Å². The molecule has 0 unspecified atom stereocenters. The second-order valence-electron chi connectivity index (χ2n) is 10.9. The summed E-state index contributed by atoms with van der Waals surface area (Å²) in [5.41, 5.74) is -0.0434. The molecule has 0 aliphatic carbocycles. The number of phosphoric ester groups is 1. The highest BCUT2D eigenvalue weighted by atomic mass is 31.2. The van der Waals surface area contributed by atoms with Crippen molar-refractivity contribution in [2.75, 3.05) is 25.1 Å². The van der Waals surface area contributed by atoms with E-state index in [0.717, 1.165) is 12.8 Å². The summed E-state index contributed by atoms with van der Waals surface area (Å²) in [7, 11) is -4.04. The Hall–Kier alpha value is -3.43. The van der Waals surface area contributed by atoms with Crippen molar-refractivity contribution in [1.82, 2.24) is 25.1 Å². The van der Waals surface area contributed by atoms with Crippen molar-refractivity contribution in [3.63, 3.8) is 0 Å². The van der Waals surface area contributed by atoms with Crippen LogP contribution in [0.3, 0.4) is 0 Å². The molecule has 0 fully saturated rings. The van der Waals surface area contributed by atoms with E-state index in [4.69, 9.17) is 18.8 Å². The lowest BCUT2D eigenvalue weighted by molar-refractivity contribution is -0.0193. The highest BCUT2D eigenvalue weighted by Gasteiger charge is 2.41. The molecule has 0 saturated heterocycles. The number of alkyl halides is 1. The third-order valence-electron chi connectivity index (χ3n) is 6.37. The van der Waals surface area contributed by atoms with Crippen LogP contribution in [0.15, 0.2) is 30.7 Å². The number of carbonyl (C=O) groups excluding carboxylic acids is 1. The van der Waals surface area contributed by atoms with Crippen LogP contribution in [0.4, 0.5) is 10.1 Å². The van der Waals surface area contributed by atoms with Crippen LogP contribution in [0.2, 0.25) is 0 Å². The number of amides is 1. The monoisotopic (exact) mass is 617 g/mol. The first kappa shape index (κ1) is 34.1. The van der Waals surface area contributed by atoms with Gasteiger partial charge in [0.25, 0.3) is 5.91 Å². The molecule has 3 heterocycles. The fourth-order valence-electron chi connectivity index (χ4n) is 3.92. The summed E-state index contributed by atoms with van der Waals surface area (Å²) in [5.74, 6) is -0.170. The zero-order chi connectivity index (χ0) is 31.6. The number of hydrogen-bond acceptors (Lipinski definition) is 10. The standard InChI is InChI=1S/C29H41FN7O5P/c1-7-9-11-40-43(39,41-12-10-8-2)42-29(5,6)25(30)19-34-28(38)23-18-32-26(14-24(23)36-20(3)4)37-27-22(17-35-37)13-21(15-31)16-33-27/h13-14,16-18,20,25H,7-12,19H2,1-6H3,(H,32,36)(H,34,38)/t25-/m1/s1. The van der Waals surface area contributed by atoms with Crippen LogP contribution in [0.1, 0.15) is 83.1 Å². The van der Waals surface area contributed by atoms with E-state index < -0.39 is 32.0 Å². The van der Waals surface area contributed by atoms with Crippen molar-refractivity contribution in [3.05, 3.63) is 41.9 Å². The molecule has 3 aromatic heterocycles. The Bertz CT molecular complexity index is 1460. The zero-order valence-electron chi connectivity index (χ0n) is 25.6. The van der Waals surface area contributed by atoms with E-state index in [1.165, 1.54) is 30.9 Å². The molecular weight excluding hydrogens is 576 g/mol. The number of aromatic nitrogens is 4. The topological polar surface area (TPSA) is 153 Å². The number of fused-ring (bicyclic) bond motifs is 1. The molecular formula is C29H41FN7O5P. The lowest BCUT2D eigenvalue weighted by Gasteiger charge is -2.32. The minimum Gasteiger partial charge on any atom is -0.382 e. The van der Waals surface area contributed by atoms with Gasteiger partial charge < -0.3 is 10.6 Å². The maximum atomic E-state index is 15.5. The summed E-state index contributed by atoms with van der Waals surface area (Å²) in [5, 5.41) is 20.0. The fraction of sp³-hybridized carbons (Fsp3) is 0.552. The molecule has 1 amide bonds. The maximum Gasteiger partial charge on any atom is 0.475 e. The van der Waals surface area contributed by atoms with Gasteiger partial charge in [0.15, 0.2) is 11.5 Å². The average molecular weight is 618 g/mol. The number of unbranched alkanes of at least 4 members (excludes halogenated alkanes) is 2. The molecule has 0 spiro atoms. The smallest absolute Gasteiger partial charge is 0.382 e. The molecule has 43 heavy (non-hydrogen) atoms. The zero-order valence-corrected chi connectivity index (χ0v) is 26.5. The van der Waals surface area contributed by atoms with Gasteiger partial charge in [0.2, 0.25) is 0 Å². The van der Waals surface area contributed by atoms with E-state index in [1.807, 2.05) is 33.8 Å². The van der Waals surface area contributed by atoms with Gasteiger partial charge in [0, 0.05) is 29.9 Å². The highest BCUT2D eigenvalue weighted by Crippen LogP contribution is 2.53. The van der Waals surface area contributed by atoms with Crippen molar-refractivity contribution in [2.24, 2.45) is 0 Å². The molecule has 0 aliphatic heterocycles. The first-order valence-electron chi connectivity index (χ1n) is 14.5. The molecule has 0 aliphatic rings. The van der Waals surface area contributed by atoms with Gasteiger partial charge in [0.05, 0.1) is 42.8 Å². The molecule has 12 nitrogen and oxygen atoms in total. The van der Waals surface area contributed by atoms with Gasteiger partial charge in [-0.05, 0) is 46.6 Å². The summed E-state index contributed by atoms with van der Waals surface area (Å²) < 4.78 is 46.8. The third kappa shape index (κ3) is 9.28. The van der Waals surface area contributed by atoms with Crippen molar-refractivity contribution in [1.29, 1.82) is 5.26 Å². The number of carbonyl (C=O) groups is 1. The summed E-state index contributed by atoms with van der Waals surface area (Å²) in [6, 6.07) is 5.34. The molecule has 0 aromatic carbocycles. The molecule has 0 bridgehead atoms. The molecule has 0 saturated carbocycles. The van der Waals surface area contributed by atoms with E-state index in [0.29, 0.717) is 40.9 Å². The van der Waals surface area contributed by atoms with E-state index >= 15 is 4.39 Å². The Morgan fingerprint density at radius 3 is 2.40 bits per heavy atom. The number of nitrogens with zero attached hydrogens (tertiary/aromatic N) is 5. The fourth-order valence-corrected chi connectivity index (χ4v) is 5.50. The Kier molecular flexibility index (Phi) is 12.2. The summed E-state index contributed by atoms with van der Waals surface area (Å²) in [6.07, 6.45) is 5.58. The molecule has 3 rings (SSSR count). The van der Waals surface area contributed by atoms with E-state index in [1.54, 1.807) is 18.3 Å². The second-order valence-corrected chi connectivity index (χ2v) is 12.5. The van der Waals surface area contributed by atoms with Crippen molar-refractivity contribution >= 4 is 30.5 Å². The Balaban J connectivity index is 1.76. The molecule has 3 aromatic rings. The van der Waals surface area contributed by atoms with Gasteiger partial charge in [-0.3, -0.25) is 18.4 Å². The van der Waals surface area contributed by atoms with Crippen molar-refractivity contribution < 1.29 is 27.3 Å². The number of halogens is 1. The largest absolute Gasteiger partial charge is 0.475 e. The third-order valence-corrected chi connectivity index (χ3v) is 8.06. The maximum absolute atomic E-state index is 15.5. The van der Waals surface area contributed by atoms with E-state index in [-0.39, 0.29) is 24.8 Å². The Labute approximate surface area is 251 Å². The van der Waals surface area contributed by atoms with Crippen LogP contribution >= 0.6 is 7.82 Å². The minimum atomic E-state index is -4.04. The Morgan fingerprint density at radius 1 is 1.12 bits per heavy atom. The number of hydrogen-bond donors (Lipinski definition) is 2. The van der Waals surface area contributed by atoms with Gasteiger partial charge >= 0.3 is 7.82 Å². The number of nitrogens with one attached hydrogen (secondary N) is 2. The van der Waals surface area contributed by atoms with E-state index in [9.17, 15) is 9.36 Å². The van der Waals surface area contributed by atoms with Crippen LogP contribution in [-0.4, -0.2) is 63.2 Å². The number of rotatable bonds is 17. The summed E-state index contributed by atoms with van der Waals surface area (Å²) >= 11 is 0. The van der Waals surface area contributed by atoms with E-state index in [2.05, 4.69) is 25.7 Å². The molecule has 2 N–H and O–H groups in total. The summed E-state index contributed by atoms with van der Waals surface area (Å²) in [4.78, 5) is 22.0. The predicted molar refractivity (Wildman–Crippen MR) is 162 cm³/mol. The van der Waals surface area contributed by atoms with Gasteiger partial charge in [0.1, 0.15) is 17.8 Å². The van der Waals surface area contributed by atoms with Gasteiger partial charge in [-0.1, -0.05) is 26.7 Å². The normalized spacial score (nSPS) is 12.8. The number of pyridine rings is 2. The molecule has 0 radical (unpaired) electrons. The number of anilines is 1. The number of nitriles is 1. The minimum absolute atomic E-state index is 0.0386. The van der Waals surface area contributed by atoms with Crippen LogP contribution in [-0.2, 0) is 18.1 Å². The first-order chi connectivity index (χ1) is 20.4. The van der Waals surface area contributed by atoms with Crippen LogP contribution < -0.4 is 10.6 Å². The van der Waals surface area contributed by atoms with Crippen LogP contribution in [0.25, 0.3) is 16.9 Å². The summed E-state index contributed by atoms with van der Waals surface area (Å²) in [6.45, 7) is 10.5.